The molecule has 0 amide bonds. The number of H-pyrrole nitrogens is 1. The lowest BCUT2D eigenvalue weighted by molar-refractivity contribution is 0.467. The number of ether oxygens (including phenoxy) is 1. The number of fused-ring (bicyclic) bond motifs is 1. The molecule has 8 nitrogen and oxygen atoms in total. The van der Waals surface area contributed by atoms with Crippen molar-refractivity contribution in [3.63, 3.8) is 0 Å². The Kier molecular flexibility index (Phi) is 2.33. The summed E-state index contributed by atoms with van der Waals surface area (Å²) >= 11 is 0. The molecule has 3 rings (SSSR count). The first kappa shape index (κ1) is 10.5. The largest absolute Gasteiger partial charge is 0.434 e. The number of anilines is 1. The fraction of sp³-hybridized carbons (Fsp3) is 0.200. The van der Waals surface area contributed by atoms with E-state index in [-0.39, 0.29) is 5.95 Å². The van der Waals surface area contributed by atoms with E-state index in [0.29, 0.717) is 22.8 Å². The Bertz CT molecular complexity index is 686. The maximum Gasteiger partial charge on any atom is 0.250 e. The number of nitrogen functional groups attached to an aromatic ring is 1. The van der Waals surface area contributed by atoms with Crippen molar-refractivity contribution in [2.75, 3.05) is 5.73 Å². The number of hydrogen-bond acceptors (Lipinski definition) is 6. The van der Waals surface area contributed by atoms with E-state index in [1.165, 1.54) is 6.33 Å². The fourth-order valence-electron chi connectivity index (χ4n) is 1.58. The highest BCUT2D eigenvalue weighted by Crippen LogP contribution is 2.25. The number of nitrogens with one attached hydrogen (secondary N) is 1. The monoisotopic (exact) mass is 245 g/mol. The van der Waals surface area contributed by atoms with Gasteiger partial charge in [-0.05, 0) is 6.92 Å². The predicted molar refractivity (Wildman–Crippen MR) is 64.1 cm³/mol. The molecular formula is C10H11N7O. The van der Waals surface area contributed by atoms with Crippen LogP contribution in [0, 0.1) is 0 Å². The van der Waals surface area contributed by atoms with Gasteiger partial charge in [-0.3, -0.25) is 4.68 Å². The summed E-state index contributed by atoms with van der Waals surface area (Å²) in [5.74, 6) is 1.05. The SMILES string of the molecule is CCn1cc(Oc2nc(N)nc3nc[nH]c23)cn1. The van der Waals surface area contributed by atoms with Crippen LogP contribution in [0.15, 0.2) is 18.7 Å². The number of aryl methyl sites for hydroxylation is 1. The molecular weight excluding hydrogens is 234 g/mol. The first-order valence-corrected chi connectivity index (χ1v) is 5.43. The van der Waals surface area contributed by atoms with Gasteiger partial charge >= 0.3 is 0 Å². The van der Waals surface area contributed by atoms with E-state index in [0.717, 1.165) is 6.54 Å². The zero-order valence-electron chi connectivity index (χ0n) is 9.66. The molecule has 0 spiro atoms. The molecule has 3 aromatic heterocycles. The minimum Gasteiger partial charge on any atom is -0.434 e. The summed E-state index contributed by atoms with van der Waals surface area (Å²) in [6, 6.07) is 0. The van der Waals surface area contributed by atoms with Gasteiger partial charge in [0, 0.05) is 6.54 Å². The molecule has 0 bridgehead atoms. The van der Waals surface area contributed by atoms with Gasteiger partial charge in [-0.1, -0.05) is 0 Å². The summed E-state index contributed by atoms with van der Waals surface area (Å²) in [5.41, 5.74) is 6.67. The molecule has 0 saturated carbocycles. The zero-order valence-corrected chi connectivity index (χ0v) is 9.66. The van der Waals surface area contributed by atoms with Gasteiger partial charge in [-0.15, -0.1) is 0 Å². The second-order valence-corrected chi connectivity index (χ2v) is 3.62. The van der Waals surface area contributed by atoms with E-state index in [1.807, 2.05) is 6.92 Å². The number of imidazole rings is 1. The normalized spacial score (nSPS) is 10.9. The molecule has 0 radical (unpaired) electrons. The van der Waals surface area contributed by atoms with Crippen molar-refractivity contribution in [3.8, 4) is 11.6 Å². The topological polar surface area (TPSA) is 108 Å². The Labute approximate surface area is 102 Å². The maximum absolute atomic E-state index is 5.63. The van der Waals surface area contributed by atoms with Gasteiger partial charge in [-0.25, -0.2) is 4.98 Å². The summed E-state index contributed by atoms with van der Waals surface area (Å²) in [7, 11) is 0. The van der Waals surface area contributed by atoms with Gasteiger partial charge in [-0.2, -0.15) is 15.1 Å². The van der Waals surface area contributed by atoms with E-state index in [2.05, 4.69) is 25.0 Å². The lowest BCUT2D eigenvalue weighted by Crippen LogP contribution is -1.98. The molecule has 0 unspecified atom stereocenters. The Morgan fingerprint density at radius 2 is 2.33 bits per heavy atom. The van der Waals surface area contributed by atoms with E-state index in [4.69, 9.17) is 10.5 Å². The van der Waals surface area contributed by atoms with Crippen molar-refractivity contribution in [2.45, 2.75) is 13.5 Å². The number of hydrogen-bond donors (Lipinski definition) is 2. The lowest BCUT2D eigenvalue weighted by Gasteiger charge is -2.02. The van der Waals surface area contributed by atoms with E-state index >= 15 is 0 Å². The van der Waals surface area contributed by atoms with E-state index in [1.54, 1.807) is 17.1 Å². The van der Waals surface area contributed by atoms with E-state index < -0.39 is 0 Å². The Morgan fingerprint density at radius 3 is 3.11 bits per heavy atom. The highest BCUT2D eigenvalue weighted by atomic mass is 16.5. The van der Waals surface area contributed by atoms with Gasteiger partial charge in [0.25, 0.3) is 5.88 Å². The van der Waals surface area contributed by atoms with Crippen LogP contribution >= 0.6 is 0 Å². The lowest BCUT2D eigenvalue weighted by atomic mass is 10.5. The predicted octanol–water partition coefficient (Wildman–Crippen LogP) is 0.944. The van der Waals surface area contributed by atoms with Crippen LogP contribution in [0.5, 0.6) is 11.6 Å². The van der Waals surface area contributed by atoms with Crippen LogP contribution in [0.2, 0.25) is 0 Å². The Morgan fingerprint density at radius 1 is 1.44 bits per heavy atom. The third-order valence-electron chi connectivity index (χ3n) is 2.42. The quantitative estimate of drug-likeness (QED) is 0.711. The highest BCUT2D eigenvalue weighted by molar-refractivity contribution is 5.76. The van der Waals surface area contributed by atoms with Gasteiger partial charge in [0.05, 0.1) is 18.7 Å². The molecule has 0 aliphatic rings. The summed E-state index contributed by atoms with van der Waals surface area (Å²) in [4.78, 5) is 15.0. The molecule has 18 heavy (non-hydrogen) atoms. The van der Waals surface area contributed by atoms with Gasteiger partial charge in [0.2, 0.25) is 5.95 Å². The molecule has 0 atom stereocenters. The smallest absolute Gasteiger partial charge is 0.250 e. The fourth-order valence-corrected chi connectivity index (χ4v) is 1.58. The van der Waals surface area contributed by atoms with E-state index in [9.17, 15) is 0 Å². The molecule has 8 heteroatoms. The first-order valence-electron chi connectivity index (χ1n) is 5.43. The summed E-state index contributed by atoms with van der Waals surface area (Å²) in [6.07, 6.45) is 4.91. The van der Waals surface area contributed by atoms with Crippen LogP contribution in [0.1, 0.15) is 6.92 Å². The van der Waals surface area contributed by atoms with Crippen LogP contribution in [0.25, 0.3) is 11.2 Å². The minimum atomic E-state index is 0.118. The molecule has 0 fully saturated rings. The van der Waals surface area contributed by atoms with Crippen molar-refractivity contribution in [1.82, 2.24) is 29.7 Å². The second kappa shape index (κ2) is 3.99. The van der Waals surface area contributed by atoms with Crippen LogP contribution in [0.4, 0.5) is 5.95 Å². The average molecular weight is 245 g/mol. The maximum atomic E-state index is 5.63. The molecule has 3 heterocycles. The number of nitrogens with zero attached hydrogens (tertiary/aromatic N) is 5. The Balaban J connectivity index is 2.00. The minimum absolute atomic E-state index is 0.118. The zero-order chi connectivity index (χ0) is 12.5. The number of rotatable bonds is 3. The molecule has 92 valence electrons. The number of aromatic nitrogens is 6. The third kappa shape index (κ3) is 1.73. The van der Waals surface area contributed by atoms with Crippen molar-refractivity contribution < 1.29 is 4.74 Å². The molecule has 0 aliphatic carbocycles. The first-order chi connectivity index (χ1) is 8.76. The second-order valence-electron chi connectivity index (χ2n) is 3.62. The van der Waals surface area contributed by atoms with Crippen LogP contribution < -0.4 is 10.5 Å². The molecule has 0 saturated heterocycles. The van der Waals surface area contributed by atoms with Crippen molar-refractivity contribution in [3.05, 3.63) is 18.7 Å². The van der Waals surface area contributed by atoms with Gasteiger partial charge in [0.15, 0.2) is 11.4 Å². The highest BCUT2D eigenvalue weighted by Gasteiger charge is 2.11. The van der Waals surface area contributed by atoms with Crippen LogP contribution in [-0.2, 0) is 6.54 Å². The van der Waals surface area contributed by atoms with Gasteiger partial charge in [0.1, 0.15) is 5.52 Å². The molecule has 0 aliphatic heterocycles. The van der Waals surface area contributed by atoms with Crippen molar-refractivity contribution in [2.24, 2.45) is 0 Å². The van der Waals surface area contributed by atoms with Crippen molar-refractivity contribution >= 4 is 17.1 Å². The van der Waals surface area contributed by atoms with Crippen LogP contribution in [-0.4, -0.2) is 29.7 Å². The number of nitrogens with two attached hydrogens (primary N) is 1. The Hall–Kier alpha value is -2.64. The molecule has 3 N–H and O–H groups in total. The van der Waals surface area contributed by atoms with Crippen LogP contribution in [0.3, 0.4) is 0 Å². The van der Waals surface area contributed by atoms with Gasteiger partial charge < -0.3 is 15.5 Å². The average Bonchev–Trinajstić information content (AvgIpc) is 2.97. The molecule has 3 aromatic rings. The summed E-state index contributed by atoms with van der Waals surface area (Å²) in [5, 5.41) is 4.11. The standard InChI is InChI=1S/C10H11N7O/c1-2-17-4-6(3-14-17)18-9-7-8(13-5-12-7)15-10(11)16-9/h3-5H,2H2,1H3,(H3,11,12,13,15,16). The number of aromatic amines is 1. The third-order valence-corrected chi connectivity index (χ3v) is 2.42. The summed E-state index contributed by atoms with van der Waals surface area (Å²) in [6.45, 7) is 2.77. The van der Waals surface area contributed by atoms with Crippen molar-refractivity contribution in [1.29, 1.82) is 0 Å². The summed E-state index contributed by atoms with van der Waals surface area (Å²) < 4.78 is 7.38. The molecule has 0 aromatic carbocycles.